The molecule has 0 amide bonds. The molecule has 16 heavy (non-hydrogen) atoms. The molecule has 6 heteroatoms. The van der Waals surface area contributed by atoms with Gasteiger partial charge in [-0.15, -0.1) is 0 Å². The first-order chi connectivity index (χ1) is 7.29. The average Bonchev–Trinajstić information content (AvgIpc) is 2.16. The monoisotopic (exact) mass is 264 g/mol. The zero-order valence-corrected chi connectivity index (χ0v) is 11.5. The van der Waals surface area contributed by atoms with E-state index in [4.69, 9.17) is 18.0 Å². The maximum absolute atomic E-state index is 11.3. The highest BCUT2D eigenvalue weighted by atomic mass is 32.2. The van der Waals surface area contributed by atoms with Crippen molar-refractivity contribution in [3.8, 4) is 0 Å². The Kier molecular flexibility index (Phi) is 4.31. The summed E-state index contributed by atoms with van der Waals surface area (Å²) >= 11 is 5.02. The Morgan fingerprint density at radius 3 is 2.31 bits per heavy atom. The van der Waals surface area contributed by atoms with Crippen LogP contribution in [-0.2, 0) is 10.0 Å². The zero-order chi connectivity index (χ0) is 12.4. The normalized spacial score (nSPS) is 31.2. The molecule has 0 atom stereocenters. The number of thiocarbonyl (C=S) groups is 1. The van der Waals surface area contributed by atoms with Crippen molar-refractivity contribution >= 4 is 27.2 Å². The van der Waals surface area contributed by atoms with Crippen molar-refractivity contribution in [2.75, 3.05) is 6.26 Å². The molecule has 1 fully saturated rings. The van der Waals surface area contributed by atoms with Gasteiger partial charge in [0, 0.05) is 0 Å². The molecule has 0 aromatic rings. The molecule has 3 N–H and O–H groups in total. The van der Waals surface area contributed by atoms with Crippen LogP contribution < -0.4 is 10.5 Å². The van der Waals surface area contributed by atoms with Crippen LogP contribution in [0.4, 0.5) is 0 Å². The third-order valence-electron chi connectivity index (χ3n) is 3.39. The van der Waals surface area contributed by atoms with Gasteiger partial charge in [0.25, 0.3) is 0 Å². The standard InChI is InChI=1S/C10H20N2O2S2/c1-3-8-4-6-10(7-5-8,9(11)15)12-16(2,13)14/h8,12H,3-7H2,1-2H3,(H2,11,15). The number of hydrogen-bond donors (Lipinski definition) is 2. The number of nitrogens with two attached hydrogens (primary N) is 1. The SMILES string of the molecule is CCC1CCC(NS(C)(=O)=O)(C(N)=S)CC1. The van der Waals surface area contributed by atoms with E-state index in [1.807, 2.05) is 0 Å². The highest BCUT2D eigenvalue weighted by Crippen LogP contribution is 2.34. The fourth-order valence-electron chi connectivity index (χ4n) is 2.33. The van der Waals surface area contributed by atoms with E-state index in [1.54, 1.807) is 0 Å². The zero-order valence-electron chi connectivity index (χ0n) is 9.82. The minimum absolute atomic E-state index is 0.271. The summed E-state index contributed by atoms with van der Waals surface area (Å²) in [6.07, 6.45) is 5.68. The lowest BCUT2D eigenvalue weighted by Gasteiger charge is -2.39. The van der Waals surface area contributed by atoms with E-state index in [1.165, 1.54) is 0 Å². The van der Waals surface area contributed by atoms with Crippen LogP contribution in [0.2, 0.25) is 0 Å². The van der Waals surface area contributed by atoms with E-state index in [0.29, 0.717) is 18.8 Å². The molecule has 4 nitrogen and oxygen atoms in total. The maximum Gasteiger partial charge on any atom is 0.209 e. The van der Waals surface area contributed by atoms with Crippen molar-refractivity contribution in [3.05, 3.63) is 0 Å². The summed E-state index contributed by atoms with van der Waals surface area (Å²) in [5.41, 5.74) is 5.01. The second-order valence-corrected chi connectivity index (χ2v) is 6.86. The van der Waals surface area contributed by atoms with Crippen LogP contribution in [0.5, 0.6) is 0 Å². The van der Waals surface area contributed by atoms with Crippen LogP contribution in [0, 0.1) is 5.92 Å². The maximum atomic E-state index is 11.3. The van der Waals surface area contributed by atoms with Crippen LogP contribution in [0.15, 0.2) is 0 Å². The summed E-state index contributed by atoms with van der Waals surface area (Å²) < 4.78 is 25.3. The molecule has 1 aliphatic carbocycles. The van der Waals surface area contributed by atoms with Crippen molar-refractivity contribution in [2.24, 2.45) is 11.7 Å². The third kappa shape index (κ3) is 3.40. The predicted octanol–water partition coefficient (Wildman–Crippen LogP) is 1.16. The van der Waals surface area contributed by atoms with Crippen LogP contribution in [0.1, 0.15) is 39.0 Å². The van der Waals surface area contributed by atoms with Crippen molar-refractivity contribution in [1.29, 1.82) is 0 Å². The molecule has 0 spiro atoms. The highest BCUT2D eigenvalue weighted by Gasteiger charge is 2.39. The first-order valence-corrected chi connectivity index (χ1v) is 7.88. The fraction of sp³-hybridized carbons (Fsp3) is 0.900. The van der Waals surface area contributed by atoms with Gasteiger partial charge in [-0.05, 0) is 31.6 Å². The molecule has 0 unspecified atom stereocenters. The molecule has 0 bridgehead atoms. The second-order valence-electron chi connectivity index (χ2n) is 4.67. The molecular weight excluding hydrogens is 244 g/mol. The summed E-state index contributed by atoms with van der Waals surface area (Å²) in [6, 6.07) is 0. The molecule has 94 valence electrons. The van der Waals surface area contributed by atoms with Gasteiger partial charge in [0.1, 0.15) is 0 Å². The van der Waals surface area contributed by atoms with Crippen molar-refractivity contribution < 1.29 is 8.42 Å². The molecule has 0 heterocycles. The van der Waals surface area contributed by atoms with Crippen LogP contribution in [0.25, 0.3) is 0 Å². The van der Waals surface area contributed by atoms with Gasteiger partial charge in [-0.2, -0.15) is 0 Å². The largest absolute Gasteiger partial charge is 0.392 e. The Hall–Kier alpha value is -0.200. The third-order valence-corrected chi connectivity index (χ3v) is 4.54. The molecule has 1 rings (SSSR count). The number of hydrogen-bond acceptors (Lipinski definition) is 3. The lowest BCUT2D eigenvalue weighted by molar-refractivity contribution is 0.269. The van der Waals surface area contributed by atoms with E-state index in [2.05, 4.69) is 11.6 Å². The number of rotatable bonds is 4. The van der Waals surface area contributed by atoms with E-state index >= 15 is 0 Å². The van der Waals surface area contributed by atoms with E-state index in [9.17, 15) is 8.42 Å². The molecular formula is C10H20N2O2S2. The smallest absolute Gasteiger partial charge is 0.209 e. The Bertz CT molecular complexity index is 357. The molecule has 0 aromatic carbocycles. The molecule has 1 saturated carbocycles. The highest BCUT2D eigenvalue weighted by molar-refractivity contribution is 7.89. The quantitative estimate of drug-likeness (QED) is 0.747. The van der Waals surface area contributed by atoms with Gasteiger partial charge in [-0.25, -0.2) is 13.1 Å². The van der Waals surface area contributed by atoms with Gasteiger partial charge < -0.3 is 5.73 Å². The fourth-order valence-corrected chi connectivity index (χ4v) is 3.68. The molecule has 0 aliphatic heterocycles. The first-order valence-electron chi connectivity index (χ1n) is 5.58. The van der Waals surface area contributed by atoms with Crippen LogP contribution in [0.3, 0.4) is 0 Å². The molecule has 1 aliphatic rings. The first kappa shape index (κ1) is 13.9. The number of nitrogens with one attached hydrogen (secondary N) is 1. The summed E-state index contributed by atoms with van der Waals surface area (Å²) in [5, 5.41) is 0. The van der Waals surface area contributed by atoms with Gasteiger partial charge in [-0.3, -0.25) is 0 Å². The lowest BCUT2D eigenvalue weighted by Crippen LogP contribution is -2.58. The van der Waals surface area contributed by atoms with E-state index < -0.39 is 15.6 Å². The van der Waals surface area contributed by atoms with Gasteiger partial charge in [-0.1, -0.05) is 25.6 Å². The Morgan fingerprint density at radius 1 is 1.50 bits per heavy atom. The summed E-state index contributed by atoms with van der Waals surface area (Å²) in [7, 11) is -3.27. The molecule has 0 saturated heterocycles. The van der Waals surface area contributed by atoms with Crippen molar-refractivity contribution in [1.82, 2.24) is 4.72 Å². The minimum atomic E-state index is -3.27. The topological polar surface area (TPSA) is 72.2 Å². The minimum Gasteiger partial charge on any atom is -0.392 e. The average molecular weight is 264 g/mol. The number of sulfonamides is 1. The van der Waals surface area contributed by atoms with Crippen molar-refractivity contribution in [3.63, 3.8) is 0 Å². The summed E-state index contributed by atoms with van der Waals surface area (Å²) in [5.74, 6) is 0.670. The van der Waals surface area contributed by atoms with Gasteiger partial charge in [0.05, 0.1) is 16.8 Å². The molecule has 0 radical (unpaired) electrons. The molecule has 0 aromatic heterocycles. The predicted molar refractivity (Wildman–Crippen MR) is 69.7 cm³/mol. The lowest BCUT2D eigenvalue weighted by atomic mass is 9.76. The van der Waals surface area contributed by atoms with E-state index in [-0.39, 0.29) is 4.99 Å². The Balaban J connectivity index is 2.81. The Morgan fingerprint density at radius 2 is 2.00 bits per heavy atom. The van der Waals surface area contributed by atoms with Gasteiger partial charge >= 0.3 is 0 Å². The van der Waals surface area contributed by atoms with Gasteiger partial charge in [0.2, 0.25) is 10.0 Å². The summed E-state index contributed by atoms with van der Waals surface area (Å²) in [4.78, 5) is 0.271. The second kappa shape index (κ2) is 4.98. The Labute approximate surface area is 103 Å². The van der Waals surface area contributed by atoms with Crippen molar-refractivity contribution in [2.45, 2.75) is 44.6 Å². The van der Waals surface area contributed by atoms with Gasteiger partial charge in [0.15, 0.2) is 0 Å². The summed E-state index contributed by atoms with van der Waals surface area (Å²) in [6.45, 7) is 2.16. The van der Waals surface area contributed by atoms with Crippen LogP contribution >= 0.6 is 12.2 Å². The van der Waals surface area contributed by atoms with Crippen LogP contribution in [-0.4, -0.2) is 25.2 Å². The van der Waals surface area contributed by atoms with E-state index in [0.717, 1.165) is 25.5 Å².